The third-order valence-corrected chi connectivity index (χ3v) is 2.72. The van der Waals surface area contributed by atoms with Crippen molar-refractivity contribution in [2.45, 2.75) is 6.92 Å². The maximum absolute atomic E-state index is 12.0. The van der Waals surface area contributed by atoms with Gasteiger partial charge in [0.05, 0.1) is 24.1 Å². The number of hydrogen-bond acceptors (Lipinski definition) is 4. The van der Waals surface area contributed by atoms with Gasteiger partial charge in [0.15, 0.2) is 0 Å². The third kappa shape index (κ3) is 3.39. The lowest BCUT2D eigenvalue weighted by Gasteiger charge is -2.08. The van der Waals surface area contributed by atoms with Crippen molar-refractivity contribution in [3.8, 4) is 11.6 Å². The standard InChI is InChI=1S/C14H13ClN2O3/c1-2-20-13-6-4-10(8-16-13)17-14(19)11-7-9(15)3-5-12(11)18/h3-8,18H,2H2,1H3,(H,17,19). The van der Waals surface area contributed by atoms with E-state index < -0.39 is 5.91 Å². The van der Waals surface area contributed by atoms with Crippen molar-refractivity contribution < 1.29 is 14.6 Å². The van der Waals surface area contributed by atoms with E-state index in [1.54, 1.807) is 12.1 Å². The molecule has 0 atom stereocenters. The third-order valence-electron chi connectivity index (χ3n) is 2.49. The van der Waals surface area contributed by atoms with Gasteiger partial charge in [-0.25, -0.2) is 4.98 Å². The molecule has 2 aromatic rings. The van der Waals surface area contributed by atoms with E-state index in [0.29, 0.717) is 23.2 Å². The Labute approximate surface area is 121 Å². The molecule has 5 nitrogen and oxygen atoms in total. The number of aromatic hydroxyl groups is 1. The van der Waals surface area contributed by atoms with Gasteiger partial charge in [0.1, 0.15) is 5.75 Å². The van der Waals surface area contributed by atoms with Crippen LogP contribution in [0.15, 0.2) is 36.5 Å². The first kappa shape index (κ1) is 14.1. The molecule has 0 saturated heterocycles. The number of carbonyl (C=O) groups is 1. The van der Waals surface area contributed by atoms with Crippen molar-refractivity contribution in [3.63, 3.8) is 0 Å². The molecule has 1 aromatic carbocycles. The van der Waals surface area contributed by atoms with Crippen LogP contribution >= 0.6 is 11.6 Å². The smallest absolute Gasteiger partial charge is 0.259 e. The molecule has 0 bridgehead atoms. The number of carbonyl (C=O) groups excluding carboxylic acids is 1. The number of benzene rings is 1. The lowest BCUT2D eigenvalue weighted by atomic mass is 10.2. The van der Waals surface area contributed by atoms with Crippen LogP contribution in [0.1, 0.15) is 17.3 Å². The van der Waals surface area contributed by atoms with Crippen molar-refractivity contribution in [2.24, 2.45) is 0 Å². The highest BCUT2D eigenvalue weighted by Crippen LogP contribution is 2.22. The fourth-order valence-electron chi connectivity index (χ4n) is 1.58. The summed E-state index contributed by atoms with van der Waals surface area (Å²) in [6.45, 7) is 2.38. The zero-order valence-electron chi connectivity index (χ0n) is 10.8. The van der Waals surface area contributed by atoms with Crippen LogP contribution in [0.3, 0.4) is 0 Å². The molecule has 1 aromatic heterocycles. The molecule has 1 heterocycles. The van der Waals surface area contributed by atoms with Crippen LogP contribution in [0, 0.1) is 0 Å². The molecule has 6 heteroatoms. The Morgan fingerprint density at radius 1 is 1.40 bits per heavy atom. The number of halogens is 1. The maximum atomic E-state index is 12.0. The Balaban J connectivity index is 2.13. The number of amides is 1. The van der Waals surface area contributed by atoms with Gasteiger partial charge in [0.25, 0.3) is 5.91 Å². The summed E-state index contributed by atoms with van der Waals surface area (Å²) in [5.41, 5.74) is 0.601. The second kappa shape index (κ2) is 6.25. The molecular formula is C14H13ClN2O3. The van der Waals surface area contributed by atoms with E-state index >= 15 is 0 Å². The predicted molar refractivity (Wildman–Crippen MR) is 76.5 cm³/mol. The van der Waals surface area contributed by atoms with Crippen molar-refractivity contribution >= 4 is 23.2 Å². The monoisotopic (exact) mass is 292 g/mol. The molecule has 0 unspecified atom stereocenters. The quantitative estimate of drug-likeness (QED) is 0.908. The molecular weight excluding hydrogens is 280 g/mol. The molecule has 0 spiro atoms. The number of hydrogen-bond donors (Lipinski definition) is 2. The second-order valence-electron chi connectivity index (χ2n) is 3.93. The Morgan fingerprint density at radius 3 is 2.85 bits per heavy atom. The van der Waals surface area contributed by atoms with Gasteiger partial charge in [-0.1, -0.05) is 11.6 Å². The van der Waals surface area contributed by atoms with Gasteiger partial charge in [-0.2, -0.15) is 0 Å². The summed E-state index contributed by atoms with van der Waals surface area (Å²) in [6, 6.07) is 7.59. The van der Waals surface area contributed by atoms with Crippen LogP contribution in [-0.2, 0) is 0 Å². The Hall–Kier alpha value is -2.27. The van der Waals surface area contributed by atoms with E-state index in [4.69, 9.17) is 16.3 Å². The van der Waals surface area contributed by atoms with Crippen LogP contribution in [0.5, 0.6) is 11.6 Å². The second-order valence-corrected chi connectivity index (χ2v) is 4.37. The van der Waals surface area contributed by atoms with Gasteiger partial charge in [-0.05, 0) is 31.2 Å². The first-order chi connectivity index (χ1) is 9.60. The van der Waals surface area contributed by atoms with Crippen LogP contribution in [0.25, 0.3) is 0 Å². The minimum atomic E-state index is -0.462. The number of rotatable bonds is 4. The lowest BCUT2D eigenvalue weighted by molar-refractivity contribution is 0.102. The highest BCUT2D eigenvalue weighted by molar-refractivity contribution is 6.31. The summed E-state index contributed by atoms with van der Waals surface area (Å²) in [4.78, 5) is 16.0. The van der Waals surface area contributed by atoms with E-state index in [1.807, 2.05) is 6.92 Å². The summed E-state index contributed by atoms with van der Waals surface area (Å²) in [6.07, 6.45) is 1.48. The number of phenolic OH excluding ortho intramolecular Hbond substituents is 1. The van der Waals surface area contributed by atoms with E-state index in [0.717, 1.165) is 0 Å². The van der Waals surface area contributed by atoms with Crippen LogP contribution < -0.4 is 10.1 Å². The van der Waals surface area contributed by atoms with E-state index in [1.165, 1.54) is 24.4 Å². The number of anilines is 1. The molecule has 0 aliphatic heterocycles. The van der Waals surface area contributed by atoms with Gasteiger partial charge in [0, 0.05) is 11.1 Å². The van der Waals surface area contributed by atoms with E-state index in [9.17, 15) is 9.90 Å². The van der Waals surface area contributed by atoms with Crippen LogP contribution in [-0.4, -0.2) is 22.6 Å². The summed E-state index contributed by atoms with van der Waals surface area (Å²) < 4.78 is 5.20. The fraction of sp³-hybridized carbons (Fsp3) is 0.143. The van der Waals surface area contributed by atoms with Crippen molar-refractivity contribution in [1.82, 2.24) is 4.98 Å². The average molecular weight is 293 g/mol. The topological polar surface area (TPSA) is 71.5 Å². The van der Waals surface area contributed by atoms with Gasteiger partial charge < -0.3 is 15.2 Å². The highest BCUT2D eigenvalue weighted by Gasteiger charge is 2.12. The zero-order chi connectivity index (χ0) is 14.5. The average Bonchev–Trinajstić information content (AvgIpc) is 2.44. The molecule has 2 N–H and O–H groups in total. The normalized spacial score (nSPS) is 10.1. The highest BCUT2D eigenvalue weighted by atomic mass is 35.5. The number of pyridine rings is 1. The first-order valence-corrected chi connectivity index (χ1v) is 6.36. The first-order valence-electron chi connectivity index (χ1n) is 5.99. The summed E-state index contributed by atoms with van der Waals surface area (Å²) >= 11 is 5.80. The molecule has 0 aliphatic rings. The summed E-state index contributed by atoms with van der Waals surface area (Å²) in [7, 11) is 0. The Kier molecular flexibility index (Phi) is 4.42. The SMILES string of the molecule is CCOc1ccc(NC(=O)c2cc(Cl)ccc2O)cn1. The van der Waals surface area contributed by atoms with Crippen molar-refractivity contribution in [1.29, 1.82) is 0 Å². The molecule has 104 valence electrons. The van der Waals surface area contributed by atoms with Gasteiger partial charge >= 0.3 is 0 Å². The van der Waals surface area contributed by atoms with Crippen LogP contribution in [0.2, 0.25) is 5.02 Å². The van der Waals surface area contributed by atoms with E-state index in [-0.39, 0.29) is 11.3 Å². The number of nitrogens with zero attached hydrogens (tertiary/aromatic N) is 1. The number of phenols is 1. The van der Waals surface area contributed by atoms with Crippen molar-refractivity contribution in [2.75, 3.05) is 11.9 Å². The maximum Gasteiger partial charge on any atom is 0.259 e. The van der Waals surface area contributed by atoms with Crippen LogP contribution in [0.4, 0.5) is 5.69 Å². The van der Waals surface area contributed by atoms with Gasteiger partial charge in [-0.15, -0.1) is 0 Å². The summed E-state index contributed by atoms with van der Waals surface area (Å²) in [5, 5.41) is 12.6. The number of aromatic nitrogens is 1. The molecule has 0 fully saturated rings. The minimum Gasteiger partial charge on any atom is -0.507 e. The van der Waals surface area contributed by atoms with Crippen molar-refractivity contribution in [3.05, 3.63) is 47.1 Å². The molecule has 2 rings (SSSR count). The predicted octanol–water partition coefficient (Wildman–Crippen LogP) is 3.09. The number of nitrogens with one attached hydrogen (secondary N) is 1. The van der Waals surface area contributed by atoms with Gasteiger partial charge in [0.2, 0.25) is 5.88 Å². The lowest BCUT2D eigenvalue weighted by Crippen LogP contribution is -2.12. The Morgan fingerprint density at radius 2 is 2.20 bits per heavy atom. The van der Waals surface area contributed by atoms with E-state index in [2.05, 4.69) is 10.3 Å². The molecule has 0 aliphatic carbocycles. The largest absolute Gasteiger partial charge is 0.507 e. The minimum absolute atomic E-state index is 0.103. The summed E-state index contributed by atoms with van der Waals surface area (Å²) in [5.74, 6) is -0.113. The molecule has 0 radical (unpaired) electrons. The Bertz CT molecular complexity index is 614. The molecule has 20 heavy (non-hydrogen) atoms. The number of ether oxygens (including phenoxy) is 1. The molecule has 0 saturated carbocycles. The molecule has 1 amide bonds. The zero-order valence-corrected chi connectivity index (χ0v) is 11.5. The van der Waals surface area contributed by atoms with Gasteiger partial charge in [-0.3, -0.25) is 4.79 Å². The fourth-order valence-corrected chi connectivity index (χ4v) is 1.75.